The van der Waals surface area contributed by atoms with Gasteiger partial charge in [0.05, 0.1) is 10.7 Å². The molecular formula is C19H18N4O2S2. The molecule has 138 valence electrons. The molecule has 0 saturated heterocycles. The highest BCUT2D eigenvalue weighted by Gasteiger charge is 2.10. The number of carbonyl (C=O) groups is 2. The van der Waals surface area contributed by atoms with Gasteiger partial charge in [-0.2, -0.15) is 0 Å². The first kappa shape index (κ1) is 19.1. The van der Waals surface area contributed by atoms with Crippen molar-refractivity contribution in [2.24, 2.45) is 0 Å². The highest BCUT2D eigenvalue weighted by Crippen LogP contribution is 2.24. The normalized spacial score (nSPS) is 10.4. The zero-order chi connectivity index (χ0) is 19.2. The van der Waals surface area contributed by atoms with Crippen molar-refractivity contribution >= 4 is 40.7 Å². The van der Waals surface area contributed by atoms with Gasteiger partial charge in [0.25, 0.3) is 11.8 Å². The first-order valence-corrected chi connectivity index (χ1v) is 10.1. The number of rotatable bonds is 6. The molecule has 0 atom stereocenters. The Morgan fingerprint density at radius 2 is 1.85 bits per heavy atom. The molecule has 1 aromatic carbocycles. The van der Waals surface area contributed by atoms with E-state index in [0.29, 0.717) is 11.4 Å². The molecule has 3 aromatic rings. The Hall–Kier alpha value is -2.71. The van der Waals surface area contributed by atoms with Crippen LogP contribution in [0.4, 0.5) is 5.82 Å². The fraction of sp³-hybridized carbons (Fsp3) is 0.158. The molecular weight excluding hydrogens is 380 g/mol. The van der Waals surface area contributed by atoms with Crippen molar-refractivity contribution in [3.8, 4) is 0 Å². The summed E-state index contributed by atoms with van der Waals surface area (Å²) in [7, 11) is 1.53. The molecule has 3 rings (SSSR count). The quantitative estimate of drug-likeness (QED) is 0.618. The molecule has 2 N–H and O–H groups in total. The summed E-state index contributed by atoms with van der Waals surface area (Å²) in [6.45, 7) is 1.99. The van der Waals surface area contributed by atoms with Crippen molar-refractivity contribution in [3.63, 3.8) is 0 Å². The lowest BCUT2D eigenvalue weighted by Gasteiger charge is -2.07. The molecule has 2 amide bonds. The SMILES string of the molecule is CNC(=O)c1cccc(NC(=O)c2ccc(SCc3csc(C)n3)cc2)n1. The molecule has 0 unspecified atom stereocenters. The Kier molecular flexibility index (Phi) is 6.20. The fourth-order valence-electron chi connectivity index (χ4n) is 2.28. The van der Waals surface area contributed by atoms with Crippen LogP contribution in [0.3, 0.4) is 0 Å². The summed E-state index contributed by atoms with van der Waals surface area (Å²) >= 11 is 3.32. The minimum absolute atomic E-state index is 0.249. The molecule has 0 aliphatic carbocycles. The number of carbonyl (C=O) groups excluding carboxylic acids is 2. The van der Waals surface area contributed by atoms with Crippen LogP contribution < -0.4 is 10.6 Å². The lowest BCUT2D eigenvalue weighted by molar-refractivity contribution is 0.0956. The predicted octanol–water partition coefficient (Wildman–Crippen LogP) is 3.75. The molecule has 0 aliphatic heterocycles. The van der Waals surface area contributed by atoms with Crippen molar-refractivity contribution in [1.29, 1.82) is 0 Å². The lowest BCUT2D eigenvalue weighted by atomic mass is 10.2. The molecule has 27 heavy (non-hydrogen) atoms. The van der Waals surface area contributed by atoms with E-state index in [4.69, 9.17) is 0 Å². The summed E-state index contributed by atoms with van der Waals surface area (Å²) in [5.41, 5.74) is 1.83. The zero-order valence-electron chi connectivity index (χ0n) is 14.9. The molecule has 0 saturated carbocycles. The van der Waals surface area contributed by atoms with Crippen molar-refractivity contribution in [1.82, 2.24) is 15.3 Å². The second-order valence-electron chi connectivity index (χ2n) is 5.61. The summed E-state index contributed by atoms with van der Waals surface area (Å²) in [6, 6.07) is 12.3. The van der Waals surface area contributed by atoms with E-state index in [1.165, 1.54) is 7.05 Å². The van der Waals surface area contributed by atoms with Crippen molar-refractivity contribution in [2.75, 3.05) is 12.4 Å². The molecule has 2 heterocycles. The summed E-state index contributed by atoms with van der Waals surface area (Å²) in [5, 5.41) is 8.34. The van der Waals surface area contributed by atoms with E-state index >= 15 is 0 Å². The topological polar surface area (TPSA) is 84.0 Å². The largest absolute Gasteiger partial charge is 0.354 e. The molecule has 0 radical (unpaired) electrons. The van der Waals surface area contributed by atoms with Crippen LogP contribution in [-0.2, 0) is 5.75 Å². The third-order valence-corrected chi connectivity index (χ3v) is 5.49. The Bertz CT molecular complexity index is 954. The number of thioether (sulfide) groups is 1. The number of nitrogens with one attached hydrogen (secondary N) is 2. The van der Waals surface area contributed by atoms with Gasteiger partial charge in [0.15, 0.2) is 0 Å². The Balaban J connectivity index is 1.61. The lowest BCUT2D eigenvalue weighted by Crippen LogP contribution is -2.20. The number of amides is 2. The zero-order valence-corrected chi connectivity index (χ0v) is 16.5. The number of hydrogen-bond donors (Lipinski definition) is 2. The van der Waals surface area contributed by atoms with Crippen LogP contribution in [-0.4, -0.2) is 28.8 Å². The first-order chi connectivity index (χ1) is 13.0. The van der Waals surface area contributed by atoms with Gasteiger partial charge in [-0.05, 0) is 43.3 Å². The number of thiazole rings is 1. The van der Waals surface area contributed by atoms with Crippen molar-refractivity contribution in [3.05, 3.63) is 69.8 Å². The smallest absolute Gasteiger partial charge is 0.269 e. The number of hydrogen-bond acceptors (Lipinski definition) is 6. The van der Waals surface area contributed by atoms with E-state index in [0.717, 1.165) is 21.3 Å². The van der Waals surface area contributed by atoms with E-state index in [1.807, 2.05) is 19.1 Å². The Morgan fingerprint density at radius 1 is 1.07 bits per heavy atom. The molecule has 2 aromatic heterocycles. The summed E-state index contributed by atoms with van der Waals surface area (Å²) < 4.78 is 0. The second-order valence-corrected chi connectivity index (χ2v) is 7.72. The molecule has 0 fully saturated rings. The van der Waals surface area contributed by atoms with Crippen molar-refractivity contribution in [2.45, 2.75) is 17.6 Å². The van der Waals surface area contributed by atoms with Gasteiger partial charge >= 0.3 is 0 Å². The van der Waals surface area contributed by atoms with Crippen LogP contribution in [0, 0.1) is 6.92 Å². The third-order valence-electron chi connectivity index (χ3n) is 3.62. The highest BCUT2D eigenvalue weighted by atomic mass is 32.2. The van der Waals surface area contributed by atoms with Crippen LogP contribution >= 0.6 is 23.1 Å². The number of nitrogens with zero attached hydrogens (tertiary/aromatic N) is 2. The van der Waals surface area contributed by atoms with Gasteiger partial charge in [-0.3, -0.25) is 9.59 Å². The van der Waals surface area contributed by atoms with Crippen LogP contribution in [0.25, 0.3) is 0 Å². The van der Waals surface area contributed by atoms with E-state index in [-0.39, 0.29) is 17.5 Å². The van der Waals surface area contributed by atoms with Gasteiger partial charge in [-0.1, -0.05) is 6.07 Å². The van der Waals surface area contributed by atoms with Crippen LogP contribution in [0.5, 0.6) is 0 Å². The van der Waals surface area contributed by atoms with Gasteiger partial charge in [0, 0.05) is 28.6 Å². The van der Waals surface area contributed by atoms with Gasteiger partial charge in [-0.15, -0.1) is 23.1 Å². The van der Waals surface area contributed by atoms with Gasteiger partial charge in [0.2, 0.25) is 0 Å². The minimum atomic E-state index is -0.303. The Morgan fingerprint density at radius 3 is 2.52 bits per heavy atom. The molecule has 6 nitrogen and oxygen atoms in total. The van der Waals surface area contributed by atoms with Crippen LogP contribution in [0.15, 0.2) is 52.7 Å². The number of aromatic nitrogens is 2. The van der Waals surface area contributed by atoms with E-state index < -0.39 is 0 Å². The number of pyridine rings is 1. The number of anilines is 1. The van der Waals surface area contributed by atoms with E-state index in [2.05, 4.69) is 26.0 Å². The maximum absolute atomic E-state index is 12.4. The van der Waals surface area contributed by atoms with Crippen LogP contribution in [0.2, 0.25) is 0 Å². The maximum atomic E-state index is 12.4. The van der Waals surface area contributed by atoms with E-state index in [9.17, 15) is 9.59 Å². The highest BCUT2D eigenvalue weighted by molar-refractivity contribution is 7.98. The van der Waals surface area contributed by atoms with Gasteiger partial charge < -0.3 is 10.6 Å². The number of benzene rings is 1. The van der Waals surface area contributed by atoms with Gasteiger partial charge in [-0.25, -0.2) is 9.97 Å². The summed E-state index contributed by atoms with van der Waals surface area (Å²) in [6.07, 6.45) is 0. The second kappa shape index (κ2) is 8.79. The van der Waals surface area contributed by atoms with E-state index in [1.54, 1.807) is 53.4 Å². The fourth-order valence-corrected chi connectivity index (χ4v) is 3.79. The average molecular weight is 399 g/mol. The maximum Gasteiger partial charge on any atom is 0.269 e. The standard InChI is InChI=1S/C19H18N4O2S2/c1-12-21-14(10-26-12)11-27-15-8-6-13(7-9-15)18(24)23-17-5-3-4-16(22-17)19(25)20-2/h3-10H,11H2,1-2H3,(H,20,25)(H,22,23,24). The first-order valence-electron chi connectivity index (χ1n) is 8.19. The molecule has 0 aliphatic rings. The van der Waals surface area contributed by atoms with Crippen molar-refractivity contribution < 1.29 is 9.59 Å². The summed E-state index contributed by atoms with van der Waals surface area (Å²) in [4.78, 5) is 33.7. The average Bonchev–Trinajstić information content (AvgIpc) is 3.11. The Labute approximate surface area is 165 Å². The molecule has 0 bridgehead atoms. The number of aryl methyl sites for hydroxylation is 1. The summed E-state index contributed by atoms with van der Waals surface area (Å²) in [5.74, 6) is 0.552. The third kappa shape index (κ3) is 5.15. The minimum Gasteiger partial charge on any atom is -0.354 e. The van der Waals surface area contributed by atoms with Gasteiger partial charge in [0.1, 0.15) is 11.5 Å². The van der Waals surface area contributed by atoms with Crippen LogP contribution in [0.1, 0.15) is 31.5 Å². The predicted molar refractivity (Wildman–Crippen MR) is 108 cm³/mol. The molecule has 0 spiro atoms. The monoisotopic (exact) mass is 398 g/mol. The molecule has 8 heteroatoms.